The number of hydrogen-bond donors (Lipinski definition) is 1. The highest BCUT2D eigenvalue weighted by Gasteiger charge is 2.31. The maximum Gasteiger partial charge on any atom is 0.252 e. The van der Waals surface area contributed by atoms with Crippen LogP contribution in [-0.4, -0.2) is 37.2 Å². The highest BCUT2D eigenvalue weighted by molar-refractivity contribution is 5.83. The number of rotatable bonds is 10. The number of H-pyrrole nitrogens is 1. The number of methoxy groups -OCH3 is 1. The predicted molar refractivity (Wildman–Crippen MR) is 147 cm³/mol. The highest BCUT2D eigenvalue weighted by Crippen LogP contribution is 2.30. The van der Waals surface area contributed by atoms with Crippen LogP contribution in [0.4, 0.5) is 0 Å². The topological polar surface area (TPSA) is 88.9 Å². The molecule has 0 spiro atoms. The zero-order valence-electron chi connectivity index (χ0n) is 23.0. The molecule has 0 radical (unpaired) electrons. The Balaban J connectivity index is 1.79. The van der Waals surface area contributed by atoms with Crippen molar-refractivity contribution in [3.05, 3.63) is 80.9 Å². The van der Waals surface area contributed by atoms with Crippen LogP contribution in [0.15, 0.2) is 47.3 Å². The van der Waals surface area contributed by atoms with E-state index in [-0.39, 0.29) is 17.1 Å². The van der Waals surface area contributed by atoms with Crippen molar-refractivity contribution >= 4 is 10.9 Å². The van der Waals surface area contributed by atoms with Gasteiger partial charge in [-0.15, -0.1) is 5.10 Å². The van der Waals surface area contributed by atoms with Crippen LogP contribution in [0.5, 0.6) is 5.75 Å². The molecule has 4 rings (SSSR count). The van der Waals surface area contributed by atoms with E-state index in [0.717, 1.165) is 57.6 Å². The first kappa shape index (κ1) is 26.5. The third kappa shape index (κ3) is 5.59. The van der Waals surface area contributed by atoms with Gasteiger partial charge in [-0.05, 0) is 91.9 Å². The molecule has 196 valence electrons. The summed E-state index contributed by atoms with van der Waals surface area (Å²) in [6.45, 7) is 13.8. The molecule has 0 fully saturated rings. The lowest BCUT2D eigenvalue weighted by Gasteiger charge is -2.33. The molecule has 0 amide bonds. The summed E-state index contributed by atoms with van der Waals surface area (Å²) in [6, 6.07) is 14.2. The van der Waals surface area contributed by atoms with Crippen molar-refractivity contribution in [1.82, 2.24) is 30.1 Å². The third-order valence-corrected chi connectivity index (χ3v) is 7.37. The van der Waals surface area contributed by atoms with E-state index in [9.17, 15) is 4.79 Å². The minimum atomic E-state index is -0.229. The number of nitrogens with zero attached hydrogens (tertiary/aromatic N) is 5. The Morgan fingerprint density at radius 2 is 1.81 bits per heavy atom. The van der Waals surface area contributed by atoms with Crippen molar-refractivity contribution < 1.29 is 4.74 Å². The summed E-state index contributed by atoms with van der Waals surface area (Å²) in [5.41, 5.74) is 4.69. The first-order valence-electron chi connectivity index (χ1n) is 13.0. The Morgan fingerprint density at radius 1 is 1.08 bits per heavy atom. The summed E-state index contributed by atoms with van der Waals surface area (Å²) < 4.78 is 7.29. The molecule has 1 atom stereocenters. The Bertz CT molecular complexity index is 1420. The van der Waals surface area contributed by atoms with Gasteiger partial charge in [0.15, 0.2) is 5.82 Å². The van der Waals surface area contributed by atoms with Crippen LogP contribution in [-0.2, 0) is 18.6 Å². The average molecular weight is 503 g/mol. The molecule has 37 heavy (non-hydrogen) atoms. The van der Waals surface area contributed by atoms with Crippen molar-refractivity contribution in [3.63, 3.8) is 0 Å². The van der Waals surface area contributed by atoms with E-state index in [1.807, 2.05) is 35.9 Å². The van der Waals surface area contributed by atoms with Crippen LogP contribution in [0.3, 0.4) is 0 Å². The lowest BCUT2D eigenvalue weighted by Crippen LogP contribution is -2.36. The zero-order valence-corrected chi connectivity index (χ0v) is 23.0. The number of tetrazole rings is 1. The van der Waals surface area contributed by atoms with E-state index in [1.165, 1.54) is 0 Å². The molecule has 0 saturated heterocycles. The first-order valence-corrected chi connectivity index (χ1v) is 13.0. The van der Waals surface area contributed by atoms with Crippen LogP contribution in [0.25, 0.3) is 10.9 Å². The van der Waals surface area contributed by atoms with Gasteiger partial charge in [0.1, 0.15) is 5.75 Å². The molecule has 0 aliphatic rings. The molecule has 0 aliphatic heterocycles. The summed E-state index contributed by atoms with van der Waals surface area (Å²) in [7, 11) is 1.67. The SMILES string of the molecule is CC[C@H](c1nnnn1C(C)(C)CC)N(Cc1ccc(OC)cc1)Cc1cc2c(C)cc(C)cc2[nH]c1=O. The fourth-order valence-corrected chi connectivity index (χ4v) is 4.88. The smallest absolute Gasteiger partial charge is 0.252 e. The number of aromatic nitrogens is 5. The van der Waals surface area contributed by atoms with Crippen LogP contribution in [0, 0.1) is 13.8 Å². The van der Waals surface area contributed by atoms with Gasteiger partial charge in [-0.25, -0.2) is 4.68 Å². The summed E-state index contributed by atoms with van der Waals surface area (Å²) in [6.07, 6.45) is 1.68. The Hall–Kier alpha value is -3.52. The molecular formula is C29H38N6O2. The van der Waals surface area contributed by atoms with E-state index in [0.29, 0.717) is 13.1 Å². The van der Waals surface area contributed by atoms with Crippen molar-refractivity contribution in [2.75, 3.05) is 7.11 Å². The predicted octanol–water partition coefficient (Wildman–Crippen LogP) is 5.44. The van der Waals surface area contributed by atoms with E-state index >= 15 is 0 Å². The van der Waals surface area contributed by atoms with Gasteiger partial charge in [0.2, 0.25) is 0 Å². The van der Waals surface area contributed by atoms with E-state index in [2.05, 4.69) is 78.2 Å². The van der Waals surface area contributed by atoms with Crippen LogP contribution < -0.4 is 10.3 Å². The van der Waals surface area contributed by atoms with Gasteiger partial charge >= 0.3 is 0 Å². The van der Waals surface area contributed by atoms with E-state index < -0.39 is 0 Å². The van der Waals surface area contributed by atoms with Crippen LogP contribution in [0.1, 0.15) is 74.7 Å². The first-order chi connectivity index (χ1) is 17.7. The van der Waals surface area contributed by atoms with Gasteiger partial charge < -0.3 is 9.72 Å². The number of ether oxygens (including phenoxy) is 1. The molecule has 1 N–H and O–H groups in total. The molecule has 0 bridgehead atoms. The number of pyridine rings is 1. The number of nitrogens with one attached hydrogen (secondary N) is 1. The molecule has 8 heteroatoms. The fraction of sp³-hybridized carbons (Fsp3) is 0.448. The summed E-state index contributed by atoms with van der Waals surface area (Å²) in [4.78, 5) is 18.7. The number of hydrogen-bond acceptors (Lipinski definition) is 6. The van der Waals surface area contributed by atoms with Crippen LogP contribution >= 0.6 is 0 Å². The van der Waals surface area contributed by atoms with Gasteiger partial charge in [0.25, 0.3) is 5.56 Å². The molecule has 2 aromatic heterocycles. The van der Waals surface area contributed by atoms with E-state index in [4.69, 9.17) is 4.74 Å². The van der Waals surface area contributed by atoms with Crippen molar-refractivity contribution in [1.29, 1.82) is 0 Å². The summed E-state index contributed by atoms with van der Waals surface area (Å²) in [5.74, 6) is 1.62. The lowest BCUT2D eigenvalue weighted by molar-refractivity contribution is 0.150. The largest absolute Gasteiger partial charge is 0.497 e. The second-order valence-electron chi connectivity index (χ2n) is 10.5. The highest BCUT2D eigenvalue weighted by atomic mass is 16.5. The normalized spacial score (nSPS) is 12.9. The second-order valence-corrected chi connectivity index (χ2v) is 10.5. The monoisotopic (exact) mass is 502 g/mol. The minimum absolute atomic E-state index is 0.0689. The molecule has 8 nitrogen and oxygen atoms in total. The third-order valence-electron chi connectivity index (χ3n) is 7.37. The Morgan fingerprint density at radius 3 is 2.46 bits per heavy atom. The van der Waals surface area contributed by atoms with Crippen molar-refractivity contribution in [2.45, 2.75) is 79.1 Å². The van der Waals surface area contributed by atoms with Gasteiger partial charge in [0.05, 0.1) is 18.7 Å². The van der Waals surface area contributed by atoms with Crippen molar-refractivity contribution in [3.8, 4) is 5.75 Å². The molecule has 2 heterocycles. The standard InChI is InChI=1S/C29H38N6O2/c1-8-26(27-31-32-33-35(27)29(5,6)9-2)34(17-21-10-12-23(37-7)13-11-21)18-22-16-24-20(4)14-19(3)15-25(24)30-28(22)36/h10-16,26H,8-9,17-18H2,1-7H3,(H,30,36)/t26-/m1/s1. The average Bonchev–Trinajstić information content (AvgIpc) is 3.36. The minimum Gasteiger partial charge on any atom is -0.497 e. The molecule has 4 aromatic rings. The maximum atomic E-state index is 13.3. The lowest BCUT2D eigenvalue weighted by atomic mass is 10.0. The fourth-order valence-electron chi connectivity index (χ4n) is 4.88. The molecule has 0 aliphatic carbocycles. The summed E-state index contributed by atoms with van der Waals surface area (Å²) >= 11 is 0. The van der Waals surface area contributed by atoms with Crippen molar-refractivity contribution in [2.24, 2.45) is 0 Å². The van der Waals surface area contributed by atoms with Gasteiger partial charge in [-0.2, -0.15) is 0 Å². The second kappa shape index (κ2) is 10.8. The number of benzene rings is 2. The van der Waals surface area contributed by atoms with Gasteiger partial charge in [-0.1, -0.05) is 32.0 Å². The van der Waals surface area contributed by atoms with Crippen LogP contribution in [0.2, 0.25) is 0 Å². The van der Waals surface area contributed by atoms with Gasteiger partial charge in [0, 0.05) is 29.6 Å². The number of fused-ring (bicyclic) bond motifs is 1. The molecule has 2 aromatic carbocycles. The molecule has 0 unspecified atom stereocenters. The summed E-state index contributed by atoms with van der Waals surface area (Å²) in [5, 5.41) is 14.0. The Labute approximate surface area is 218 Å². The number of aryl methyl sites for hydroxylation is 2. The maximum absolute atomic E-state index is 13.3. The molecule has 0 saturated carbocycles. The Kier molecular flexibility index (Phi) is 7.78. The molecular weight excluding hydrogens is 464 g/mol. The van der Waals surface area contributed by atoms with Gasteiger partial charge in [-0.3, -0.25) is 9.69 Å². The zero-order chi connectivity index (χ0) is 26.7. The van der Waals surface area contributed by atoms with E-state index in [1.54, 1.807) is 7.11 Å². The quantitative estimate of drug-likeness (QED) is 0.311. The number of aromatic amines is 1.